The van der Waals surface area contributed by atoms with Crippen LogP contribution >= 0.6 is 0 Å². The first-order valence-electron chi connectivity index (χ1n) is 6.14. The van der Waals surface area contributed by atoms with Gasteiger partial charge in [0.1, 0.15) is 0 Å². The highest BCUT2D eigenvalue weighted by molar-refractivity contribution is 5.78. The SMILES string of the molecule is N#Cc1ccc(CNC(=O)[C@H]2CC[C@H](O)C2)cc1. The summed E-state index contributed by atoms with van der Waals surface area (Å²) in [4.78, 5) is 11.8. The molecule has 1 amide bonds. The lowest BCUT2D eigenvalue weighted by atomic mass is 10.1. The fourth-order valence-electron chi connectivity index (χ4n) is 2.23. The van der Waals surface area contributed by atoms with Crippen molar-refractivity contribution in [3.8, 4) is 6.07 Å². The predicted octanol–water partition coefficient (Wildman–Crippen LogP) is 1.34. The van der Waals surface area contributed by atoms with Crippen LogP contribution < -0.4 is 5.32 Å². The standard InChI is InChI=1S/C14H16N2O2/c15-8-10-1-3-11(4-2-10)9-16-14(18)12-5-6-13(17)7-12/h1-4,12-13,17H,5-7,9H2,(H,16,18)/t12-,13-/m0/s1. The Labute approximate surface area is 106 Å². The van der Waals surface area contributed by atoms with Crippen LogP contribution in [0.3, 0.4) is 0 Å². The fourth-order valence-corrected chi connectivity index (χ4v) is 2.23. The first-order valence-corrected chi connectivity index (χ1v) is 6.14. The molecule has 0 unspecified atom stereocenters. The number of aliphatic hydroxyl groups excluding tert-OH is 1. The Bertz CT molecular complexity index is 462. The third kappa shape index (κ3) is 3.08. The van der Waals surface area contributed by atoms with Crippen molar-refractivity contribution in [1.29, 1.82) is 5.26 Å². The Morgan fingerprint density at radius 3 is 2.67 bits per heavy atom. The van der Waals surface area contributed by atoms with E-state index in [1.54, 1.807) is 12.1 Å². The van der Waals surface area contributed by atoms with Crippen molar-refractivity contribution < 1.29 is 9.90 Å². The molecule has 0 radical (unpaired) electrons. The minimum absolute atomic E-state index is 0.0101. The largest absolute Gasteiger partial charge is 0.393 e. The number of nitrogens with zero attached hydrogens (tertiary/aromatic N) is 1. The lowest BCUT2D eigenvalue weighted by Gasteiger charge is -2.10. The highest BCUT2D eigenvalue weighted by Crippen LogP contribution is 2.25. The van der Waals surface area contributed by atoms with Crippen molar-refractivity contribution in [2.24, 2.45) is 5.92 Å². The van der Waals surface area contributed by atoms with Crippen molar-refractivity contribution in [3.63, 3.8) is 0 Å². The predicted molar refractivity (Wildman–Crippen MR) is 66.4 cm³/mol. The molecular weight excluding hydrogens is 228 g/mol. The third-order valence-electron chi connectivity index (χ3n) is 3.33. The summed E-state index contributed by atoms with van der Waals surface area (Å²) in [5.41, 5.74) is 1.59. The number of rotatable bonds is 3. The van der Waals surface area contributed by atoms with E-state index >= 15 is 0 Å². The van der Waals surface area contributed by atoms with E-state index in [1.807, 2.05) is 12.1 Å². The molecule has 1 saturated carbocycles. The maximum Gasteiger partial charge on any atom is 0.223 e. The molecule has 0 saturated heterocycles. The Hall–Kier alpha value is -1.86. The van der Waals surface area contributed by atoms with Crippen LogP contribution in [0.1, 0.15) is 30.4 Å². The van der Waals surface area contributed by atoms with Crippen LogP contribution in [0.4, 0.5) is 0 Å². The molecule has 1 aromatic rings. The van der Waals surface area contributed by atoms with Gasteiger partial charge in [0.2, 0.25) is 5.91 Å². The molecule has 2 rings (SSSR count). The highest BCUT2D eigenvalue weighted by Gasteiger charge is 2.28. The van der Waals surface area contributed by atoms with Crippen molar-refractivity contribution in [3.05, 3.63) is 35.4 Å². The van der Waals surface area contributed by atoms with Crippen LogP contribution in [0.15, 0.2) is 24.3 Å². The Morgan fingerprint density at radius 1 is 1.39 bits per heavy atom. The van der Waals surface area contributed by atoms with Gasteiger partial charge in [-0.2, -0.15) is 5.26 Å². The van der Waals surface area contributed by atoms with Gasteiger partial charge < -0.3 is 10.4 Å². The van der Waals surface area contributed by atoms with Gasteiger partial charge in [0.05, 0.1) is 17.7 Å². The van der Waals surface area contributed by atoms with Gasteiger partial charge in [0.15, 0.2) is 0 Å². The fraction of sp³-hybridized carbons (Fsp3) is 0.429. The van der Waals surface area contributed by atoms with Crippen LogP contribution in [0.2, 0.25) is 0 Å². The van der Waals surface area contributed by atoms with Gasteiger partial charge in [-0.1, -0.05) is 12.1 Å². The zero-order valence-electron chi connectivity index (χ0n) is 10.1. The number of carbonyl (C=O) groups is 1. The zero-order valence-corrected chi connectivity index (χ0v) is 10.1. The molecule has 4 nitrogen and oxygen atoms in total. The van der Waals surface area contributed by atoms with E-state index < -0.39 is 0 Å². The van der Waals surface area contributed by atoms with Crippen LogP contribution in [0.25, 0.3) is 0 Å². The number of hydrogen-bond donors (Lipinski definition) is 2. The molecule has 0 spiro atoms. The van der Waals surface area contributed by atoms with E-state index in [0.29, 0.717) is 18.5 Å². The Morgan fingerprint density at radius 2 is 2.11 bits per heavy atom. The number of hydrogen-bond acceptors (Lipinski definition) is 3. The van der Waals surface area contributed by atoms with Gasteiger partial charge in [-0.25, -0.2) is 0 Å². The van der Waals surface area contributed by atoms with Gasteiger partial charge in [0.25, 0.3) is 0 Å². The highest BCUT2D eigenvalue weighted by atomic mass is 16.3. The molecule has 2 atom stereocenters. The van der Waals surface area contributed by atoms with E-state index in [9.17, 15) is 9.90 Å². The summed E-state index contributed by atoms with van der Waals surface area (Å²) in [7, 11) is 0. The van der Waals surface area contributed by atoms with Crippen molar-refractivity contribution in [2.45, 2.75) is 31.9 Å². The molecule has 0 bridgehead atoms. The molecule has 1 aliphatic carbocycles. The number of aliphatic hydroxyl groups is 1. The Kier molecular flexibility index (Phi) is 3.96. The lowest BCUT2D eigenvalue weighted by molar-refractivity contribution is -0.125. The molecule has 2 N–H and O–H groups in total. The molecular formula is C14H16N2O2. The maximum atomic E-state index is 11.8. The van der Waals surface area contributed by atoms with E-state index in [0.717, 1.165) is 18.4 Å². The van der Waals surface area contributed by atoms with Gasteiger partial charge >= 0.3 is 0 Å². The van der Waals surface area contributed by atoms with Crippen molar-refractivity contribution in [1.82, 2.24) is 5.32 Å². The summed E-state index contributed by atoms with van der Waals surface area (Å²) in [5, 5.41) is 20.9. The van der Waals surface area contributed by atoms with Gasteiger partial charge in [-0.15, -0.1) is 0 Å². The summed E-state index contributed by atoms with van der Waals surface area (Å²) in [6, 6.07) is 9.20. The van der Waals surface area contributed by atoms with E-state index in [4.69, 9.17) is 5.26 Å². The number of benzene rings is 1. The van der Waals surface area contributed by atoms with E-state index in [-0.39, 0.29) is 17.9 Å². The summed E-state index contributed by atoms with van der Waals surface area (Å²) >= 11 is 0. The molecule has 18 heavy (non-hydrogen) atoms. The first kappa shape index (κ1) is 12.6. The maximum absolute atomic E-state index is 11.8. The minimum atomic E-state index is -0.323. The zero-order chi connectivity index (χ0) is 13.0. The van der Waals surface area contributed by atoms with Gasteiger partial charge in [0, 0.05) is 12.5 Å². The van der Waals surface area contributed by atoms with Crippen LogP contribution in [-0.2, 0) is 11.3 Å². The molecule has 4 heteroatoms. The van der Waals surface area contributed by atoms with Crippen molar-refractivity contribution in [2.75, 3.05) is 0 Å². The van der Waals surface area contributed by atoms with E-state index in [1.165, 1.54) is 0 Å². The number of amides is 1. The first-order chi connectivity index (χ1) is 8.69. The monoisotopic (exact) mass is 244 g/mol. The molecule has 0 aliphatic heterocycles. The average molecular weight is 244 g/mol. The molecule has 1 fully saturated rings. The number of nitrogens with one attached hydrogen (secondary N) is 1. The summed E-state index contributed by atoms with van der Waals surface area (Å²) in [6.45, 7) is 0.469. The summed E-state index contributed by atoms with van der Waals surface area (Å²) < 4.78 is 0. The Balaban J connectivity index is 1.84. The van der Waals surface area contributed by atoms with Crippen LogP contribution in [0, 0.1) is 17.2 Å². The van der Waals surface area contributed by atoms with E-state index in [2.05, 4.69) is 11.4 Å². The number of nitriles is 1. The van der Waals surface area contributed by atoms with Crippen molar-refractivity contribution >= 4 is 5.91 Å². The quantitative estimate of drug-likeness (QED) is 0.842. The van der Waals surface area contributed by atoms with Gasteiger partial charge in [-0.05, 0) is 37.0 Å². The lowest BCUT2D eigenvalue weighted by Crippen LogP contribution is -2.29. The normalized spacial score (nSPS) is 22.4. The summed E-state index contributed by atoms with van der Waals surface area (Å²) in [5.74, 6) is -0.0470. The third-order valence-corrected chi connectivity index (χ3v) is 3.33. The van der Waals surface area contributed by atoms with Crippen LogP contribution in [0.5, 0.6) is 0 Å². The molecule has 1 aliphatic rings. The number of carbonyl (C=O) groups excluding carboxylic acids is 1. The second kappa shape index (κ2) is 5.65. The summed E-state index contributed by atoms with van der Waals surface area (Å²) in [6.07, 6.45) is 1.73. The minimum Gasteiger partial charge on any atom is -0.393 e. The van der Waals surface area contributed by atoms with Crippen LogP contribution in [-0.4, -0.2) is 17.1 Å². The topological polar surface area (TPSA) is 73.1 Å². The molecule has 0 heterocycles. The second-order valence-electron chi connectivity index (χ2n) is 4.69. The average Bonchev–Trinajstić information content (AvgIpc) is 2.83. The van der Waals surface area contributed by atoms with Gasteiger partial charge in [-0.3, -0.25) is 4.79 Å². The molecule has 0 aromatic heterocycles. The smallest absolute Gasteiger partial charge is 0.223 e. The molecule has 94 valence electrons. The molecule has 1 aromatic carbocycles. The second-order valence-corrected chi connectivity index (χ2v) is 4.69.